The molecule has 0 saturated heterocycles. The molecule has 0 bridgehead atoms. The van der Waals surface area contributed by atoms with Crippen LogP contribution in [0.5, 0.6) is 0 Å². The van der Waals surface area contributed by atoms with E-state index in [0.29, 0.717) is 0 Å². The van der Waals surface area contributed by atoms with Gasteiger partial charge in [-0.25, -0.2) is 9.97 Å². The summed E-state index contributed by atoms with van der Waals surface area (Å²) in [5, 5.41) is 6.55. The third-order valence-corrected chi connectivity index (χ3v) is 3.97. The smallest absolute Gasteiger partial charge is 0.135 e. The monoisotopic (exact) mass is 383 g/mol. The zero-order valence-corrected chi connectivity index (χ0v) is 15.1. The van der Waals surface area contributed by atoms with Crippen LogP contribution >= 0.6 is 15.9 Å². The van der Waals surface area contributed by atoms with Crippen molar-refractivity contribution in [3.63, 3.8) is 0 Å². The highest BCUT2D eigenvalue weighted by atomic mass is 79.9. The maximum Gasteiger partial charge on any atom is 0.135 e. The zero-order valence-electron chi connectivity index (χ0n) is 13.5. The fraction of sp³-hybridized carbons (Fsp3) is 0.111. The van der Waals surface area contributed by atoms with Gasteiger partial charge in [-0.2, -0.15) is 0 Å². The average Bonchev–Trinajstić information content (AvgIpc) is 2.58. The Morgan fingerprint density at radius 1 is 0.792 bits per heavy atom. The molecule has 0 fully saturated rings. The van der Waals surface area contributed by atoms with Gasteiger partial charge in [-0.05, 0) is 48.5 Å². The largest absolute Gasteiger partial charge is 0.378 e. The Bertz CT molecular complexity index is 800. The summed E-state index contributed by atoms with van der Waals surface area (Å²) in [6.45, 7) is 0. The third-order valence-electron chi connectivity index (χ3n) is 3.44. The Labute approximate surface area is 149 Å². The van der Waals surface area contributed by atoms with Crippen molar-refractivity contribution in [2.24, 2.45) is 0 Å². The molecule has 0 atom stereocenters. The zero-order chi connectivity index (χ0) is 16.9. The number of nitrogens with zero attached hydrogens (tertiary/aromatic N) is 3. The van der Waals surface area contributed by atoms with E-state index in [2.05, 4.69) is 53.6 Å². The lowest BCUT2D eigenvalue weighted by molar-refractivity contribution is 1.13. The number of hydrogen-bond acceptors (Lipinski definition) is 5. The number of anilines is 5. The summed E-state index contributed by atoms with van der Waals surface area (Å²) >= 11 is 3.43. The van der Waals surface area contributed by atoms with Crippen LogP contribution in [0.4, 0.5) is 28.7 Å². The minimum atomic E-state index is 0.736. The molecular weight excluding hydrogens is 366 g/mol. The fourth-order valence-electron chi connectivity index (χ4n) is 2.17. The Morgan fingerprint density at radius 3 is 1.79 bits per heavy atom. The number of rotatable bonds is 5. The molecule has 0 unspecified atom stereocenters. The van der Waals surface area contributed by atoms with Crippen molar-refractivity contribution in [3.8, 4) is 0 Å². The van der Waals surface area contributed by atoms with Crippen LogP contribution in [-0.2, 0) is 0 Å². The maximum atomic E-state index is 4.27. The van der Waals surface area contributed by atoms with Crippen molar-refractivity contribution in [2.75, 3.05) is 29.6 Å². The molecule has 1 heterocycles. The van der Waals surface area contributed by atoms with Crippen LogP contribution < -0.4 is 15.5 Å². The summed E-state index contributed by atoms with van der Waals surface area (Å²) in [5.74, 6) is 1.47. The molecule has 0 aliphatic heterocycles. The molecule has 0 amide bonds. The normalized spacial score (nSPS) is 10.3. The number of halogens is 1. The third kappa shape index (κ3) is 4.23. The van der Waals surface area contributed by atoms with Gasteiger partial charge >= 0.3 is 0 Å². The second-order valence-corrected chi connectivity index (χ2v) is 6.40. The van der Waals surface area contributed by atoms with Gasteiger partial charge < -0.3 is 15.5 Å². The lowest BCUT2D eigenvalue weighted by Gasteiger charge is -2.13. The van der Waals surface area contributed by atoms with E-state index in [1.165, 1.54) is 6.33 Å². The molecular formula is C18H18BrN5. The lowest BCUT2D eigenvalue weighted by Crippen LogP contribution is -2.08. The Morgan fingerprint density at radius 2 is 1.29 bits per heavy atom. The van der Waals surface area contributed by atoms with Crippen molar-refractivity contribution in [2.45, 2.75) is 0 Å². The highest BCUT2D eigenvalue weighted by Crippen LogP contribution is 2.22. The molecule has 3 rings (SSSR count). The Balaban J connectivity index is 1.71. The number of nitrogens with one attached hydrogen (secondary N) is 2. The van der Waals surface area contributed by atoms with Gasteiger partial charge in [0.1, 0.15) is 18.0 Å². The fourth-order valence-corrected chi connectivity index (χ4v) is 2.43. The molecule has 24 heavy (non-hydrogen) atoms. The molecule has 5 nitrogen and oxygen atoms in total. The molecule has 122 valence electrons. The van der Waals surface area contributed by atoms with E-state index >= 15 is 0 Å². The van der Waals surface area contributed by atoms with Crippen molar-refractivity contribution >= 4 is 44.6 Å². The van der Waals surface area contributed by atoms with Gasteiger partial charge in [0.05, 0.1) is 0 Å². The van der Waals surface area contributed by atoms with Gasteiger partial charge in [0, 0.05) is 41.7 Å². The Hall–Kier alpha value is -2.60. The van der Waals surface area contributed by atoms with E-state index in [1.807, 2.05) is 56.6 Å². The van der Waals surface area contributed by atoms with E-state index in [9.17, 15) is 0 Å². The molecule has 2 N–H and O–H groups in total. The maximum absolute atomic E-state index is 4.27. The molecule has 0 aliphatic carbocycles. The van der Waals surface area contributed by atoms with Crippen LogP contribution in [0.25, 0.3) is 0 Å². The van der Waals surface area contributed by atoms with Crippen LogP contribution in [0.3, 0.4) is 0 Å². The molecule has 0 aliphatic rings. The molecule has 0 spiro atoms. The van der Waals surface area contributed by atoms with Crippen molar-refractivity contribution in [3.05, 3.63) is 65.4 Å². The van der Waals surface area contributed by atoms with E-state index in [-0.39, 0.29) is 0 Å². The van der Waals surface area contributed by atoms with Gasteiger partial charge in [-0.3, -0.25) is 0 Å². The standard InChI is InChI=1S/C18H18BrN5/c1-24(2)16-9-7-15(8-10-16)23-18-11-17(20-12-21-18)22-14-5-3-13(19)4-6-14/h3-12H,1-2H3,(H2,20,21,22,23). The quantitative estimate of drug-likeness (QED) is 0.662. The van der Waals surface area contributed by atoms with Gasteiger partial charge in [-0.15, -0.1) is 0 Å². The van der Waals surface area contributed by atoms with Crippen molar-refractivity contribution < 1.29 is 0 Å². The van der Waals surface area contributed by atoms with Crippen LogP contribution in [0, 0.1) is 0 Å². The van der Waals surface area contributed by atoms with E-state index < -0.39 is 0 Å². The summed E-state index contributed by atoms with van der Waals surface area (Å²) < 4.78 is 1.04. The first-order valence-corrected chi connectivity index (χ1v) is 8.28. The molecule has 1 aromatic heterocycles. The molecule has 0 radical (unpaired) electrons. The Kier molecular flexibility index (Phi) is 4.96. The summed E-state index contributed by atoms with van der Waals surface area (Å²) in [6.07, 6.45) is 1.54. The molecule has 6 heteroatoms. The molecule has 2 aromatic carbocycles. The summed E-state index contributed by atoms with van der Waals surface area (Å²) in [5.41, 5.74) is 3.10. The van der Waals surface area contributed by atoms with E-state index in [4.69, 9.17) is 0 Å². The van der Waals surface area contributed by atoms with Crippen molar-refractivity contribution in [1.82, 2.24) is 9.97 Å². The van der Waals surface area contributed by atoms with E-state index in [1.54, 1.807) is 0 Å². The second-order valence-electron chi connectivity index (χ2n) is 5.49. The minimum Gasteiger partial charge on any atom is -0.378 e. The highest BCUT2D eigenvalue weighted by molar-refractivity contribution is 9.10. The first-order chi connectivity index (χ1) is 11.6. The van der Waals surface area contributed by atoms with Crippen LogP contribution in [0.2, 0.25) is 0 Å². The van der Waals surface area contributed by atoms with Gasteiger partial charge in [-0.1, -0.05) is 15.9 Å². The average molecular weight is 384 g/mol. The number of hydrogen-bond donors (Lipinski definition) is 2. The van der Waals surface area contributed by atoms with Crippen LogP contribution in [0.15, 0.2) is 65.4 Å². The molecule has 0 saturated carbocycles. The van der Waals surface area contributed by atoms with Crippen molar-refractivity contribution in [1.29, 1.82) is 0 Å². The molecule has 3 aromatic rings. The first-order valence-electron chi connectivity index (χ1n) is 7.49. The second kappa shape index (κ2) is 7.31. The predicted octanol–water partition coefficient (Wildman–Crippen LogP) is 4.79. The highest BCUT2D eigenvalue weighted by Gasteiger charge is 2.02. The first kappa shape index (κ1) is 16.3. The summed E-state index contributed by atoms with van der Waals surface area (Å²) in [4.78, 5) is 10.6. The van der Waals surface area contributed by atoms with Crippen LogP contribution in [0.1, 0.15) is 0 Å². The summed E-state index contributed by atoms with van der Waals surface area (Å²) in [7, 11) is 4.04. The van der Waals surface area contributed by atoms with Crippen LogP contribution in [-0.4, -0.2) is 24.1 Å². The van der Waals surface area contributed by atoms with E-state index in [0.717, 1.165) is 33.2 Å². The number of aromatic nitrogens is 2. The summed E-state index contributed by atoms with van der Waals surface area (Å²) in [6, 6.07) is 18.0. The minimum absolute atomic E-state index is 0.736. The topological polar surface area (TPSA) is 53.1 Å². The predicted molar refractivity (Wildman–Crippen MR) is 104 cm³/mol. The lowest BCUT2D eigenvalue weighted by atomic mass is 10.2. The van der Waals surface area contributed by atoms with Gasteiger partial charge in [0.25, 0.3) is 0 Å². The number of benzene rings is 2. The van der Waals surface area contributed by atoms with Gasteiger partial charge in [0.2, 0.25) is 0 Å². The van der Waals surface area contributed by atoms with Gasteiger partial charge in [0.15, 0.2) is 0 Å². The SMILES string of the molecule is CN(C)c1ccc(Nc2cc(Nc3ccc(Br)cc3)ncn2)cc1.